The van der Waals surface area contributed by atoms with E-state index in [2.05, 4.69) is 125 Å². The Morgan fingerprint density at radius 2 is 1.06 bits per heavy atom. The van der Waals surface area contributed by atoms with Crippen LogP contribution >= 0.6 is 0 Å². The Kier molecular flexibility index (Phi) is 5.77. The fraction of sp³-hybridized carbons (Fsp3) is 0. The van der Waals surface area contributed by atoms with Crippen LogP contribution in [0.5, 0.6) is 0 Å². The lowest BCUT2D eigenvalue weighted by atomic mass is 10.1. The van der Waals surface area contributed by atoms with Crippen molar-refractivity contribution in [2.45, 2.75) is 0 Å². The van der Waals surface area contributed by atoms with Crippen LogP contribution in [-0.2, 0) is 0 Å². The largest absolute Gasteiger partial charge is 0.438 e. The topological polar surface area (TPSA) is 69.6 Å². The fourth-order valence-corrected chi connectivity index (χ4v) is 6.83. The molecule has 0 fully saturated rings. The standard InChI is InChI=1S/C42H25N5O/c1-2-10-27-23-29(19-18-26(27)9-1)40-44-39(45-41(46-40)30-20-21-34-35-15-8-22-43-42(35)48-38(34)25-30)28-11-7-12-31(24-28)47-36-16-5-3-13-32(36)33-14-4-6-17-37(33)47/h1-25H. The van der Waals surface area contributed by atoms with E-state index in [1.165, 1.54) is 16.2 Å². The first-order chi connectivity index (χ1) is 23.8. The van der Waals surface area contributed by atoms with Crippen molar-refractivity contribution in [2.75, 3.05) is 0 Å². The molecule has 0 amide bonds. The monoisotopic (exact) mass is 615 g/mol. The Hall–Kier alpha value is -6.66. The van der Waals surface area contributed by atoms with Crippen LogP contribution in [0.3, 0.4) is 0 Å². The van der Waals surface area contributed by atoms with Gasteiger partial charge in [0.15, 0.2) is 17.5 Å². The summed E-state index contributed by atoms with van der Waals surface area (Å²) in [6, 6.07) is 50.2. The summed E-state index contributed by atoms with van der Waals surface area (Å²) >= 11 is 0. The molecule has 4 aromatic heterocycles. The average Bonchev–Trinajstić information content (AvgIpc) is 3.70. The molecule has 10 rings (SSSR count). The van der Waals surface area contributed by atoms with Crippen molar-refractivity contribution in [2.24, 2.45) is 0 Å². The average molecular weight is 616 g/mol. The van der Waals surface area contributed by atoms with E-state index in [1.54, 1.807) is 6.20 Å². The molecule has 6 heteroatoms. The van der Waals surface area contributed by atoms with Crippen LogP contribution in [0.4, 0.5) is 0 Å². The molecule has 6 aromatic carbocycles. The first kappa shape index (κ1) is 26.5. The molecule has 0 saturated carbocycles. The van der Waals surface area contributed by atoms with Gasteiger partial charge in [0.05, 0.1) is 11.0 Å². The third-order valence-electron chi connectivity index (χ3n) is 9.09. The van der Waals surface area contributed by atoms with Crippen LogP contribution < -0.4 is 0 Å². The Balaban J connectivity index is 1.18. The Labute approximate surface area is 274 Å². The van der Waals surface area contributed by atoms with Gasteiger partial charge in [-0.15, -0.1) is 0 Å². The van der Waals surface area contributed by atoms with E-state index in [0.29, 0.717) is 23.2 Å². The molecule has 6 nitrogen and oxygen atoms in total. The van der Waals surface area contributed by atoms with Gasteiger partial charge in [-0.1, -0.05) is 91.0 Å². The number of nitrogens with zero attached hydrogens (tertiary/aromatic N) is 5. The first-order valence-electron chi connectivity index (χ1n) is 15.9. The highest BCUT2D eigenvalue weighted by atomic mass is 16.3. The van der Waals surface area contributed by atoms with Gasteiger partial charge < -0.3 is 8.98 Å². The predicted molar refractivity (Wildman–Crippen MR) is 193 cm³/mol. The SMILES string of the molecule is c1cc(-c2nc(-c3ccc4ccccc4c3)nc(-c3ccc4c(c3)oc3ncccc34)n2)cc(-n2c3ccccc3c3ccccc32)c1. The lowest BCUT2D eigenvalue weighted by Crippen LogP contribution is -2.01. The number of aromatic nitrogens is 5. The van der Waals surface area contributed by atoms with E-state index in [4.69, 9.17) is 19.4 Å². The second kappa shape index (κ2) is 10.4. The van der Waals surface area contributed by atoms with Gasteiger partial charge in [0.1, 0.15) is 5.58 Å². The van der Waals surface area contributed by atoms with Crippen molar-refractivity contribution in [1.29, 1.82) is 0 Å². The van der Waals surface area contributed by atoms with E-state index in [-0.39, 0.29) is 0 Å². The molecular weight excluding hydrogens is 590 g/mol. The van der Waals surface area contributed by atoms with Crippen LogP contribution in [0, 0.1) is 0 Å². The zero-order chi connectivity index (χ0) is 31.6. The minimum Gasteiger partial charge on any atom is -0.438 e. The maximum Gasteiger partial charge on any atom is 0.227 e. The van der Waals surface area contributed by atoms with E-state index >= 15 is 0 Å². The predicted octanol–water partition coefficient (Wildman–Crippen LogP) is 10.4. The van der Waals surface area contributed by atoms with Gasteiger partial charge in [0.25, 0.3) is 0 Å². The molecule has 10 aromatic rings. The molecule has 0 bridgehead atoms. The Bertz CT molecular complexity index is 2810. The number of rotatable bonds is 4. The number of benzene rings is 6. The van der Waals surface area contributed by atoms with Crippen molar-refractivity contribution < 1.29 is 4.42 Å². The lowest BCUT2D eigenvalue weighted by Gasteiger charge is -2.12. The van der Waals surface area contributed by atoms with Crippen molar-refractivity contribution >= 4 is 54.6 Å². The number of hydrogen-bond acceptors (Lipinski definition) is 5. The first-order valence-corrected chi connectivity index (χ1v) is 15.9. The lowest BCUT2D eigenvalue weighted by molar-refractivity contribution is 0.654. The van der Waals surface area contributed by atoms with Gasteiger partial charge in [-0.05, 0) is 65.4 Å². The number of furan rings is 1. The molecule has 0 N–H and O–H groups in total. The summed E-state index contributed by atoms with van der Waals surface area (Å²) < 4.78 is 8.44. The highest BCUT2D eigenvalue weighted by Crippen LogP contribution is 2.35. The van der Waals surface area contributed by atoms with Gasteiger partial charge in [-0.2, -0.15) is 0 Å². The highest BCUT2D eigenvalue weighted by Gasteiger charge is 2.17. The molecule has 224 valence electrons. The van der Waals surface area contributed by atoms with E-state index < -0.39 is 0 Å². The molecule has 0 saturated heterocycles. The van der Waals surface area contributed by atoms with Crippen LogP contribution in [0.1, 0.15) is 0 Å². The fourth-order valence-electron chi connectivity index (χ4n) is 6.83. The molecule has 0 aliphatic heterocycles. The van der Waals surface area contributed by atoms with E-state index in [0.717, 1.165) is 55.2 Å². The molecule has 48 heavy (non-hydrogen) atoms. The molecule has 4 heterocycles. The molecule has 0 unspecified atom stereocenters. The van der Waals surface area contributed by atoms with Crippen LogP contribution in [0.2, 0.25) is 0 Å². The van der Waals surface area contributed by atoms with Gasteiger partial charge in [-0.3, -0.25) is 0 Å². The molecule has 0 spiro atoms. The molecule has 0 radical (unpaired) electrons. The zero-order valence-corrected chi connectivity index (χ0v) is 25.6. The molecule has 0 aliphatic carbocycles. The summed E-state index contributed by atoms with van der Waals surface area (Å²) in [7, 11) is 0. The van der Waals surface area contributed by atoms with Crippen molar-refractivity contribution in [3.63, 3.8) is 0 Å². The van der Waals surface area contributed by atoms with Crippen LogP contribution in [0.15, 0.2) is 156 Å². The summed E-state index contributed by atoms with van der Waals surface area (Å²) in [5.74, 6) is 1.77. The highest BCUT2D eigenvalue weighted by molar-refractivity contribution is 6.09. The van der Waals surface area contributed by atoms with Crippen molar-refractivity contribution in [1.82, 2.24) is 24.5 Å². The number of fused-ring (bicyclic) bond motifs is 7. The molecule has 0 atom stereocenters. The van der Waals surface area contributed by atoms with Gasteiger partial charge in [0.2, 0.25) is 5.71 Å². The van der Waals surface area contributed by atoms with Gasteiger partial charge in [-0.25, -0.2) is 19.9 Å². The smallest absolute Gasteiger partial charge is 0.227 e. The van der Waals surface area contributed by atoms with Gasteiger partial charge in [0, 0.05) is 50.1 Å². The number of para-hydroxylation sites is 2. The third kappa shape index (κ3) is 4.20. The normalized spacial score (nSPS) is 11.8. The quantitative estimate of drug-likeness (QED) is 0.197. The summed E-state index contributed by atoms with van der Waals surface area (Å²) in [6.45, 7) is 0. The van der Waals surface area contributed by atoms with Crippen molar-refractivity contribution in [3.05, 3.63) is 152 Å². The maximum absolute atomic E-state index is 6.13. The minimum atomic E-state index is 0.570. The van der Waals surface area contributed by atoms with Crippen LogP contribution in [0.25, 0.3) is 94.5 Å². The number of pyridine rings is 1. The Morgan fingerprint density at radius 3 is 1.83 bits per heavy atom. The van der Waals surface area contributed by atoms with Crippen molar-refractivity contribution in [3.8, 4) is 39.9 Å². The van der Waals surface area contributed by atoms with E-state index in [1.807, 2.05) is 30.3 Å². The summed E-state index contributed by atoms with van der Waals surface area (Å²) in [6.07, 6.45) is 1.74. The molecule has 0 aliphatic rings. The van der Waals surface area contributed by atoms with E-state index in [9.17, 15) is 0 Å². The summed E-state index contributed by atoms with van der Waals surface area (Å²) in [5.41, 5.74) is 7.35. The second-order valence-electron chi connectivity index (χ2n) is 12.0. The summed E-state index contributed by atoms with van der Waals surface area (Å²) in [4.78, 5) is 19.6. The van der Waals surface area contributed by atoms with Crippen LogP contribution in [-0.4, -0.2) is 24.5 Å². The maximum atomic E-state index is 6.13. The molecular formula is C42H25N5O. The van der Waals surface area contributed by atoms with Gasteiger partial charge >= 0.3 is 0 Å². The zero-order valence-electron chi connectivity index (χ0n) is 25.6. The number of hydrogen-bond donors (Lipinski definition) is 0. The third-order valence-corrected chi connectivity index (χ3v) is 9.09. The second-order valence-corrected chi connectivity index (χ2v) is 12.0. The minimum absolute atomic E-state index is 0.570. The summed E-state index contributed by atoms with van der Waals surface area (Å²) in [5, 5.41) is 6.71. The Morgan fingerprint density at radius 1 is 0.438 bits per heavy atom.